The van der Waals surface area contributed by atoms with E-state index in [2.05, 4.69) is 64.1 Å². The van der Waals surface area contributed by atoms with Gasteiger partial charge >= 0.3 is 0 Å². The second-order valence-corrected chi connectivity index (χ2v) is 12.9. The molecule has 4 heteroatoms. The van der Waals surface area contributed by atoms with Crippen molar-refractivity contribution in [2.75, 3.05) is 0 Å². The van der Waals surface area contributed by atoms with E-state index in [1.165, 1.54) is 69.4 Å². The number of rotatable bonds is 4. The van der Waals surface area contributed by atoms with E-state index in [4.69, 9.17) is 0 Å². The minimum Gasteiger partial charge on any atom is -0.140 e. The summed E-state index contributed by atoms with van der Waals surface area (Å²) in [6.45, 7) is 8.98. The number of aryl methyl sites for hydroxylation is 4. The van der Waals surface area contributed by atoms with Crippen LogP contribution in [0.2, 0.25) is 0 Å². The summed E-state index contributed by atoms with van der Waals surface area (Å²) in [4.78, 5) is 11.4. The topological polar surface area (TPSA) is 0 Å². The van der Waals surface area contributed by atoms with E-state index in [9.17, 15) is 0 Å². The molecule has 1 aliphatic carbocycles. The first-order chi connectivity index (χ1) is 14.0. The molecule has 4 heterocycles. The molecule has 0 nitrogen and oxygen atoms in total. The molecule has 29 heavy (non-hydrogen) atoms. The predicted octanol–water partition coefficient (Wildman–Crippen LogP) is 9.59. The lowest BCUT2D eigenvalue weighted by molar-refractivity contribution is 0.941. The van der Waals surface area contributed by atoms with Crippen LogP contribution in [0.3, 0.4) is 0 Å². The van der Waals surface area contributed by atoms with Gasteiger partial charge in [0.25, 0.3) is 0 Å². The van der Waals surface area contributed by atoms with Crippen molar-refractivity contribution < 1.29 is 0 Å². The molecule has 4 aromatic rings. The van der Waals surface area contributed by atoms with Crippen molar-refractivity contribution in [2.45, 2.75) is 47.0 Å². The van der Waals surface area contributed by atoms with Gasteiger partial charge in [-0.3, -0.25) is 0 Å². The maximum Gasteiger partial charge on any atom is 0.0451 e. The van der Waals surface area contributed by atoms with Gasteiger partial charge in [0, 0.05) is 39.0 Å². The monoisotopic (exact) mass is 452 g/mol. The van der Waals surface area contributed by atoms with Crippen molar-refractivity contribution in [3.8, 4) is 19.5 Å². The summed E-state index contributed by atoms with van der Waals surface area (Å²) in [5.41, 5.74) is 6.16. The molecule has 0 saturated carbocycles. The van der Waals surface area contributed by atoms with Gasteiger partial charge in [-0.25, -0.2) is 0 Å². The Morgan fingerprint density at radius 2 is 1.00 bits per heavy atom. The van der Waals surface area contributed by atoms with Crippen molar-refractivity contribution in [3.05, 3.63) is 67.0 Å². The molecule has 0 bridgehead atoms. The maximum absolute atomic E-state index is 2.46. The van der Waals surface area contributed by atoms with E-state index >= 15 is 0 Å². The number of allylic oxidation sites excluding steroid dienone is 2. The molecule has 0 fully saturated rings. The van der Waals surface area contributed by atoms with E-state index in [1.54, 1.807) is 11.1 Å². The minimum absolute atomic E-state index is 1.21. The zero-order valence-corrected chi connectivity index (χ0v) is 20.5. The number of hydrogen-bond donors (Lipinski definition) is 0. The lowest BCUT2D eigenvalue weighted by Gasteiger charge is -2.07. The quantitative estimate of drug-likeness (QED) is 0.289. The number of hydrogen-bond acceptors (Lipinski definition) is 4. The molecule has 148 valence electrons. The van der Waals surface area contributed by atoms with Crippen LogP contribution >= 0.6 is 45.3 Å². The van der Waals surface area contributed by atoms with Crippen LogP contribution in [-0.2, 0) is 0 Å². The normalized spacial score (nSPS) is 14.3. The van der Waals surface area contributed by atoms with Crippen molar-refractivity contribution in [1.29, 1.82) is 0 Å². The van der Waals surface area contributed by atoms with Gasteiger partial charge in [-0.2, -0.15) is 0 Å². The van der Waals surface area contributed by atoms with Gasteiger partial charge < -0.3 is 0 Å². The van der Waals surface area contributed by atoms with Crippen LogP contribution in [0.1, 0.15) is 49.9 Å². The SMILES string of the molecule is Cc1ccc(-c2cc(C3=C(c4cc(-c5ccc(C)s5)sc4C)CCC3)c(C)s2)s1. The highest BCUT2D eigenvalue weighted by Crippen LogP contribution is 2.48. The highest BCUT2D eigenvalue weighted by molar-refractivity contribution is 7.22. The van der Waals surface area contributed by atoms with Gasteiger partial charge in [0.1, 0.15) is 0 Å². The first-order valence-electron chi connectivity index (χ1n) is 10.1. The smallest absolute Gasteiger partial charge is 0.0451 e. The summed E-state index contributed by atoms with van der Waals surface area (Å²) < 4.78 is 0. The summed E-state index contributed by atoms with van der Waals surface area (Å²) in [5.74, 6) is 0. The fourth-order valence-corrected chi connectivity index (χ4v) is 8.27. The van der Waals surface area contributed by atoms with Gasteiger partial charge in [0.05, 0.1) is 0 Å². The number of thiophene rings is 4. The van der Waals surface area contributed by atoms with Crippen LogP contribution in [0.5, 0.6) is 0 Å². The Morgan fingerprint density at radius 1 is 0.552 bits per heavy atom. The average molecular weight is 453 g/mol. The summed E-state index contributed by atoms with van der Waals surface area (Å²) >= 11 is 7.72. The summed E-state index contributed by atoms with van der Waals surface area (Å²) in [6, 6.07) is 13.9. The highest BCUT2D eigenvalue weighted by Gasteiger charge is 2.23. The second-order valence-electron chi connectivity index (χ2n) is 7.79. The predicted molar refractivity (Wildman–Crippen MR) is 135 cm³/mol. The summed E-state index contributed by atoms with van der Waals surface area (Å²) in [6.07, 6.45) is 3.69. The summed E-state index contributed by atoms with van der Waals surface area (Å²) in [7, 11) is 0. The van der Waals surface area contributed by atoms with Gasteiger partial charge in [-0.05, 0) is 106 Å². The minimum atomic E-state index is 1.21. The van der Waals surface area contributed by atoms with Crippen molar-refractivity contribution in [2.24, 2.45) is 0 Å². The third-order valence-corrected chi connectivity index (χ3v) is 10.2. The third-order valence-electron chi connectivity index (χ3n) is 5.67. The zero-order valence-electron chi connectivity index (χ0n) is 17.2. The molecule has 0 saturated heterocycles. The molecular formula is C25H24S4. The summed E-state index contributed by atoms with van der Waals surface area (Å²) in [5, 5.41) is 0. The highest BCUT2D eigenvalue weighted by atomic mass is 32.1. The van der Waals surface area contributed by atoms with Crippen LogP contribution in [0.4, 0.5) is 0 Å². The molecule has 0 unspecified atom stereocenters. The Hall–Kier alpha value is -1.46. The molecule has 0 aromatic carbocycles. The largest absolute Gasteiger partial charge is 0.140 e. The fraction of sp³-hybridized carbons (Fsp3) is 0.280. The van der Waals surface area contributed by atoms with Gasteiger partial charge in [0.2, 0.25) is 0 Å². The molecule has 1 aliphatic rings. The van der Waals surface area contributed by atoms with Crippen molar-refractivity contribution in [1.82, 2.24) is 0 Å². The Balaban J connectivity index is 1.57. The lowest BCUT2D eigenvalue weighted by atomic mass is 9.97. The van der Waals surface area contributed by atoms with Gasteiger partial charge in [0.15, 0.2) is 0 Å². The molecule has 0 spiro atoms. The second kappa shape index (κ2) is 7.66. The Bertz CT molecular complexity index is 1130. The Labute approximate surface area is 189 Å². The van der Waals surface area contributed by atoms with Crippen LogP contribution < -0.4 is 0 Å². The van der Waals surface area contributed by atoms with Crippen molar-refractivity contribution >= 4 is 56.5 Å². The zero-order chi connectivity index (χ0) is 20.1. The Morgan fingerprint density at radius 3 is 1.38 bits per heavy atom. The molecule has 0 atom stereocenters. The Kier molecular flexibility index (Phi) is 5.15. The van der Waals surface area contributed by atoms with Crippen LogP contribution in [0.25, 0.3) is 30.7 Å². The lowest BCUT2D eigenvalue weighted by Crippen LogP contribution is -1.86. The van der Waals surface area contributed by atoms with E-state index in [0.29, 0.717) is 0 Å². The first-order valence-corrected chi connectivity index (χ1v) is 13.3. The molecule has 0 aliphatic heterocycles. The molecule has 0 amide bonds. The van der Waals surface area contributed by atoms with E-state index in [1.807, 2.05) is 45.3 Å². The maximum atomic E-state index is 2.46. The fourth-order valence-electron chi connectivity index (χ4n) is 4.28. The van der Waals surface area contributed by atoms with Crippen LogP contribution in [0.15, 0.2) is 36.4 Å². The molecule has 4 aromatic heterocycles. The van der Waals surface area contributed by atoms with Crippen LogP contribution in [-0.4, -0.2) is 0 Å². The molecule has 0 radical (unpaired) electrons. The van der Waals surface area contributed by atoms with E-state index in [-0.39, 0.29) is 0 Å². The molecule has 0 N–H and O–H groups in total. The third kappa shape index (κ3) is 3.61. The van der Waals surface area contributed by atoms with E-state index < -0.39 is 0 Å². The first kappa shape index (κ1) is 19.5. The molecular weight excluding hydrogens is 429 g/mol. The van der Waals surface area contributed by atoms with Gasteiger partial charge in [-0.15, -0.1) is 45.3 Å². The van der Waals surface area contributed by atoms with E-state index in [0.717, 1.165) is 0 Å². The van der Waals surface area contributed by atoms with Crippen molar-refractivity contribution in [3.63, 3.8) is 0 Å². The standard InChI is InChI=1S/C25H24S4/c1-14-8-10-22(26-14)24-12-20(16(3)28-24)18-6-5-7-19(18)21-13-25(29-17(21)4)23-11-9-15(2)27-23/h8-13H,5-7H2,1-4H3. The molecule has 5 rings (SSSR count). The van der Waals surface area contributed by atoms with Crippen LogP contribution in [0, 0.1) is 27.7 Å². The average Bonchev–Trinajstić information content (AvgIpc) is 3.46. The van der Waals surface area contributed by atoms with Gasteiger partial charge in [-0.1, -0.05) is 0 Å².